The van der Waals surface area contributed by atoms with E-state index >= 15 is 0 Å². The fraction of sp³-hybridized carbons (Fsp3) is 0.208. The van der Waals surface area contributed by atoms with Gasteiger partial charge in [-0.25, -0.2) is 9.78 Å². The van der Waals surface area contributed by atoms with Gasteiger partial charge in [-0.15, -0.1) is 11.3 Å². The summed E-state index contributed by atoms with van der Waals surface area (Å²) in [6, 6.07) is 16.8. The standard InChI is InChI=1S/C24H23N3O3S/c1-2-3-12-30-23(29)18-10-7-11-19(13-18)25-22(28)14-20-16-31-24-26-21(15-27(20)24)17-8-5-4-6-9-17/h4-11,13,15-16H,2-3,12,14H2,1H3,(H,25,28). The van der Waals surface area contributed by atoms with Crippen LogP contribution in [0.3, 0.4) is 0 Å². The van der Waals surface area contributed by atoms with E-state index in [-0.39, 0.29) is 18.3 Å². The van der Waals surface area contributed by atoms with Crippen LogP contribution in [0.2, 0.25) is 0 Å². The zero-order valence-corrected chi connectivity index (χ0v) is 18.0. The van der Waals surface area contributed by atoms with Crippen LogP contribution in [0.5, 0.6) is 0 Å². The minimum absolute atomic E-state index is 0.161. The lowest BCUT2D eigenvalue weighted by atomic mass is 10.2. The summed E-state index contributed by atoms with van der Waals surface area (Å²) in [4.78, 5) is 30.3. The number of nitrogens with zero attached hydrogens (tertiary/aromatic N) is 2. The smallest absolute Gasteiger partial charge is 0.338 e. The molecule has 0 fully saturated rings. The van der Waals surface area contributed by atoms with Gasteiger partial charge in [0.2, 0.25) is 5.91 Å². The number of ether oxygens (including phenoxy) is 1. The van der Waals surface area contributed by atoms with Gasteiger partial charge >= 0.3 is 5.97 Å². The molecule has 0 unspecified atom stereocenters. The van der Waals surface area contributed by atoms with E-state index in [1.807, 2.05) is 53.2 Å². The maximum absolute atomic E-state index is 12.6. The number of anilines is 1. The number of hydrogen-bond acceptors (Lipinski definition) is 5. The second kappa shape index (κ2) is 9.57. The van der Waals surface area contributed by atoms with Crippen LogP contribution in [0.1, 0.15) is 35.8 Å². The second-order valence-electron chi connectivity index (χ2n) is 7.17. The monoisotopic (exact) mass is 433 g/mol. The summed E-state index contributed by atoms with van der Waals surface area (Å²) < 4.78 is 7.19. The number of rotatable bonds is 8. The van der Waals surface area contributed by atoms with Gasteiger partial charge in [-0.3, -0.25) is 9.20 Å². The fourth-order valence-electron chi connectivity index (χ4n) is 3.19. The molecular weight excluding hydrogens is 410 g/mol. The summed E-state index contributed by atoms with van der Waals surface area (Å²) in [5.74, 6) is -0.540. The average Bonchev–Trinajstić information content (AvgIpc) is 3.37. The van der Waals surface area contributed by atoms with Crippen molar-refractivity contribution >= 4 is 33.9 Å². The minimum Gasteiger partial charge on any atom is -0.462 e. The Morgan fingerprint density at radius 3 is 2.77 bits per heavy atom. The Labute approximate surface area is 184 Å². The highest BCUT2D eigenvalue weighted by molar-refractivity contribution is 7.15. The third-order valence-corrected chi connectivity index (χ3v) is 5.70. The molecule has 158 valence electrons. The number of benzene rings is 2. The number of thiazole rings is 1. The molecule has 1 N–H and O–H groups in total. The molecule has 31 heavy (non-hydrogen) atoms. The van der Waals surface area contributed by atoms with Crippen LogP contribution >= 0.6 is 11.3 Å². The summed E-state index contributed by atoms with van der Waals surface area (Å²) in [6.07, 6.45) is 3.95. The number of hydrogen-bond donors (Lipinski definition) is 1. The Kier molecular flexibility index (Phi) is 6.43. The highest BCUT2D eigenvalue weighted by atomic mass is 32.1. The SMILES string of the molecule is CCCCOC(=O)c1cccc(NC(=O)Cc2csc3nc(-c4ccccc4)cn23)c1. The molecule has 6 nitrogen and oxygen atoms in total. The van der Waals surface area contributed by atoms with Crippen LogP contribution < -0.4 is 5.32 Å². The van der Waals surface area contributed by atoms with Crippen molar-refractivity contribution in [1.29, 1.82) is 0 Å². The first kappa shape index (κ1) is 20.8. The molecule has 7 heteroatoms. The van der Waals surface area contributed by atoms with Gasteiger partial charge in [-0.05, 0) is 24.6 Å². The molecule has 2 aromatic carbocycles. The number of carbonyl (C=O) groups excluding carboxylic acids is 2. The molecule has 0 radical (unpaired) electrons. The maximum Gasteiger partial charge on any atom is 0.338 e. The van der Waals surface area contributed by atoms with E-state index in [1.54, 1.807) is 24.3 Å². The molecule has 0 aliphatic rings. The number of fused-ring (bicyclic) bond motifs is 1. The predicted octanol–water partition coefficient (Wildman–Crippen LogP) is 5.20. The van der Waals surface area contributed by atoms with Gasteiger partial charge < -0.3 is 10.1 Å². The van der Waals surface area contributed by atoms with Crippen molar-refractivity contribution in [1.82, 2.24) is 9.38 Å². The van der Waals surface area contributed by atoms with Gasteiger partial charge in [0, 0.05) is 28.5 Å². The largest absolute Gasteiger partial charge is 0.462 e. The molecule has 0 spiro atoms. The Morgan fingerprint density at radius 2 is 1.97 bits per heavy atom. The molecule has 1 amide bonds. The van der Waals surface area contributed by atoms with Gasteiger partial charge in [0.05, 0.1) is 24.3 Å². The molecule has 4 rings (SSSR count). The van der Waals surface area contributed by atoms with Crippen LogP contribution in [0.4, 0.5) is 5.69 Å². The van der Waals surface area contributed by atoms with Crippen LogP contribution in [0.15, 0.2) is 66.2 Å². The predicted molar refractivity (Wildman–Crippen MR) is 122 cm³/mol. The Morgan fingerprint density at radius 1 is 1.13 bits per heavy atom. The number of esters is 1. The van der Waals surface area contributed by atoms with E-state index in [0.717, 1.165) is 34.8 Å². The molecule has 0 bridgehead atoms. The Bertz CT molecular complexity index is 1200. The van der Waals surface area contributed by atoms with Crippen LogP contribution in [0.25, 0.3) is 16.2 Å². The summed E-state index contributed by atoms with van der Waals surface area (Å²) in [5, 5.41) is 4.81. The Balaban J connectivity index is 1.43. The molecule has 0 aliphatic carbocycles. The lowest BCUT2D eigenvalue weighted by Crippen LogP contribution is -2.16. The number of carbonyl (C=O) groups is 2. The second-order valence-corrected chi connectivity index (χ2v) is 8.00. The lowest BCUT2D eigenvalue weighted by molar-refractivity contribution is -0.115. The number of imidazole rings is 1. The first-order valence-corrected chi connectivity index (χ1v) is 11.1. The number of amides is 1. The average molecular weight is 434 g/mol. The van der Waals surface area contributed by atoms with Crippen molar-refractivity contribution < 1.29 is 14.3 Å². The van der Waals surface area contributed by atoms with Crippen molar-refractivity contribution in [2.75, 3.05) is 11.9 Å². The Hall–Kier alpha value is -3.45. The quantitative estimate of drug-likeness (QED) is 0.306. The third kappa shape index (κ3) is 5.00. The van der Waals surface area contributed by atoms with Gasteiger partial charge in [0.25, 0.3) is 0 Å². The highest BCUT2D eigenvalue weighted by Crippen LogP contribution is 2.24. The van der Waals surface area contributed by atoms with Gasteiger partial charge in [0.15, 0.2) is 4.96 Å². The highest BCUT2D eigenvalue weighted by Gasteiger charge is 2.14. The van der Waals surface area contributed by atoms with Crippen molar-refractivity contribution in [3.05, 3.63) is 77.4 Å². The molecule has 0 aliphatic heterocycles. The lowest BCUT2D eigenvalue weighted by Gasteiger charge is -2.08. The topological polar surface area (TPSA) is 72.7 Å². The molecule has 4 aromatic rings. The van der Waals surface area contributed by atoms with E-state index in [2.05, 4.69) is 10.3 Å². The minimum atomic E-state index is -0.379. The molecule has 2 aromatic heterocycles. The molecule has 0 saturated carbocycles. The van der Waals surface area contributed by atoms with Crippen LogP contribution in [-0.4, -0.2) is 27.9 Å². The summed E-state index contributed by atoms with van der Waals surface area (Å²) in [7, 11) is 0. The van der Waals surface area contributed by atoms with Crippen molar-refractivity contribution in [3.8, 4) is 11.3 Å². The molecule has 0 saturated heterocycles. The summed E-state index contributed by atoms with van der Waals surface area (Å²) in [5.41, 5.74) is 3.77. The van der Waals surface area contributed by atoms with E-state index < -0.39 is 0 Å². The van der Waals surface area contributed by atoms with E-state index in [0.29, 0.717) is 17.9 Å². The van der Waals surface area contributed by atoms with Crippen LogP contribution in [-0.2, 0) is 16.0 Å². The summed E-state index contributed by atoms with van der Waals surface area (Å²) in [6.45, 7) is 2.44. The molecular formula is C24H23N3O3S. The number of unbranched alkanes of at least 4 members (excludes halogenated alkanes) is 1. The van der Waals surface area contributed by atoms with E-state index in [1.165, 1.54) is 11.3 Å². The van der Waals surface area contributed by atoms with Gasteiger partial charge in [-0.1, -0.05) is 49.7 Å². The van der Waals surface area contributed by atoms with Crippen molar-refractivity contribution in [2.45, 2.75) is 26.2 Å². The molecule has 2 heterocycles. The molecule has 0 atom stereocenters. The first-order chi connectivity index (χ1) is 15.1. The van der Waals surface area contributed by atoms with E-state index in [9.17, 15) is 9.59 Å². The number of aromatic nitrogens is 2. The fourth-order valence-corrected chi connectivity index (χ4v) is 4.06. The normalized spacial score (nSPS) is 10.9. The van der Waals surface area contributed by atoms with Crippen LogP contribution in [0, 0.1) is 0 Å². The van der Waals surface area contributed by atoms with E-state index in [4.69, 9.17) is 4.74 Å². The van der Waals surface area contributed by atoms with Gasteiger partial charge in [-0.2, -0.15) is 0 Å². The number of nitrogens with one attached hydrogen (secondary N) is 1. The van der Waals surface area contributed by atoms with Crippen molar-refractivity contribution in [2.24, 2.45) is 0 Å². The summed E-state index contributed by atoms with van der Waals surface area (Å²) >= 11 is 1.50. The van der Waals surface area contributed by atoms with Crippen molar-refractivity contribution in [3.63, 3.8) is 0 Å². The maximum atomic E-state index is 12.6. The zero-order valence-electron chi connectivity index (χ0n) is 17.2. The third-order valence-electron chi connectivity index (χ3n) is 4.81. The first-order valence-electron chi connectivity index (χ1n) is 10.2. The van der Waals surface area contributed by atoms with Gasteiger partial charge in [0.1, 0.15) is 0 Å². The zero-order chi connectivity index (χ0) is 21.6.